The maximum atomic E-state index is 12.6. The summed E-state index contributed by atoms with van der Waals surface area (Å²) in [5.41, 5.74) is 5.50. The van der Waals surface area contributed by atoms with E-state index in [-0.39, 0.29) is 24.3 Å². The van der Waals surface area contributed by atoms with Crippen molar-refractivity contribution >= 4 is 34.5 Å². The highest BCUT2D eigenvalue weighted by Crippen LogP contribution is 2.44. The second-order valence-electron chi connectivity index (χ2n) is 6.21. The van der Waals surface area contributed by atoms with Gasteiger partial charge in [-0.15, -0.1) is 0 Å². The van der Waals surface area contributed by atoms with Crippen LogP contribution in [-0.4, -0.2) is 27.1 Å². The van der Waals surface area contributed by atoms with Gasteiger partial charge in [0.25, 0.3) is 0 Å². The molecule has 0 amide bonds. The van der Waals surface area contributed by atoms with Crippen LogP contribution in [0.5, 0.6) is 0 Å². The number of carbonyl (C=O) groups excluding carboxylic acids is 2. The van der Waals surface area contributed by atoms with Crippen molar-refractivity contribution < 1.29 is 14.3 Å². The molecule has 0 fully saturated rings. The third-order valence-corrected chi connectivity index (χ3v) is 5.40. The van der Waals surface area contributed by atoms with E-state index in [1.165, 1.54) is 0 Å². The lowest BCUT2D eigenvalue weighted by atomic mass is 9.75. The fourth-order valence-electron chi connectivity index (χ4n) is 3.78. The number of aromatic nitrogens is 2. The number of fused-ring (bicyclic) bond motifs is 1. The fraction of sp³-hybridized carbons (Fsp3) is 0.294. The van der Waals surface area contributed by atoms with Crippen LogP contribution in [0.1, 0.15) is 30.7 Å². The molecular weight excluding hydrogens is 326 g/mol. The number of rotatable bonds is 1. The van der Waals surface area contributed by atoms with Gasteiger partial charge in [0.1, 0.15) is 17.6 Å². The van der Waals surface area contributed by atoms with Crippen molar-refractivity contribution in [2.45, 2.75) is 25.2 Å². The number of hydrogen-bond acceptors (Lipinski definition) is 7. The minimum Gasteiger partial charge on any atom is -0.456 e. The average molecular weight is 339 g/mol. The molecule has 2 aliphatic heterocycles. The van der Waals surface area contributed by atoms with Gasteiger partial charge in [0.15, 0.2) is 5.78 Å². The molecule has 0 bridgehead atoms. The van der Waals surface area contributed by atoms with Crippen molar-refractivity contribution in [2.75, 3.05) is 6.61 Å². The topological polar surface area (TPSA) is 81.2 Å². The number of carbonyl (C=O) groups is 2. The molecule has 3 aliphatic rings. The van der Waals surface area contributed by atoms with Crippen molar-refractivity contribution in [1.29, 1.82) is 0 Å². The summed E-state index contributed by atoms with van der Waals surface area (Å²) in [4.78, 5) is 24.9. The quantitative estimate of drug-likeness (QED) is 0.802. The number of cyclic esters (lactones) is 1. The summed E-state index contributed by atoms with van der Waals surface area (Å²) < 4.78 is 13.7. The Bertz CT molecular complexity index is 972. The van der Waals surface area contributed by atoms with Gasteiger partial charge in [0.05, 0.1) is 23.0 Å². The van der Waals surface area contributed by atoms with Crippen LogP contribution in [0, 0.1) is 0 Å². The van der Waals surface area contributed by atoms with E-state index in [1.807, 2.05) is 18.2 Å². The Morgan fingerprint density at radius 3 is 2.88 bits per heavy atom. The molecule has 0 saturated carbocycles. The first kappa shape index (κ1) is 13.9. The van der Waals surface area contributed by atoms with Gasteiger partial charge in [-0.25, -0.2) is 4.79 Å². The van der Waals surface area contributed by atoms with Gasteiger partial charge in [0, 0.05) is 23.6 Å². The molecule has 1 aromatic carbocycles. The van der Waals surface area contributed by atoms with Crippen LogP contribution in [0.3, 0.4) is 0 Å². The second-order valence-corrected chi connectivity index (χ2v) is 6.74. The molecule has 1 aliphatic carbocycles. The number of ketones is 1. The molecule has 3 heterocycles. The molecule has 1 unspecified atom stereocenters. The van der Waals surface area contributed by atoms with Crippen molar-refractivity contribution in [3.63, 3.8) is 0 Å². The summed E-state index contributed by atoms with van der Waals surface area (Å²) in [6.45, 7) is 0.246. The van der Waals surface area contributed by atoms with Crippen LogP contribution >= 0.6 is 11.7 Å². The zero-order valence-electron chi connectivity index (χ0n) is 12.7. The van der Waals surface area contributed by atoms with Gasteiger partial charge in [-0.2, -0.15) is 8.75 Å². The number of Topliss-reactive ketones (excluding diaryl/α,β-unsaturated/α-hetero) is 1. The van der Waals surface area contributed by atoms with E-state index in [2.05, 4.69) is 14.1 Å². The number of ether oxygens (including phenoxy) is 1. The van der Waals surface area contributed by atoms with Gasteiger partial charge in [0.2, 0.25) is 0 Å². The van der Waals surface area contributed by atoms with Crippen molar-refractivity contribution in [1.82, 2.24) is 14.1 Å². The molecular formula is C17H13N3O3S. The van der Waals surface area contributed by atoms with Gasteiger partial charge in [-0.05, 0) is 30.5 Å². The number of benzene rings is 1. The molecule has 0 spiro atoms. The zero-order chi connectivity index (χ0) is 16.3. The van der Waals surface area contributed by atoms with E-state index in [0.717, 1.165) is 52.6 Å². The zero-order valence-corrected chi connectivity index (χ0v) is 13.5. The first-order chi connectivity index (χ1) is 11.7. The number of dihydropyridines is 1. The Kier molecular flexibility index (Phi) is 2.87. The predicted molar refractivity (Wildman–Crippen MR) is 87.2 cm³/mol. The van der Waals surface area contributed by atoms with Gasteiger partial charge >= 0.3 is 5.97 Å². The number of nitrogens with one attached hydrogen (secondary N) is 1. The molecule has 0 radical (unpaired) electrons. The van der Waals surface area contributed by atoms with Crippen LogP contribution < -0.4 is 5.32 Å². The molecule has 2 aromatic rings. The maximum Gasteiger partial charge on any atom is 0.337 e. The first-order valence-electron chi connectivity index (χ1n) is 7.88. The summed E-state index contributed by atoms with van der Waals surface area (Å²) in [5.74, 6) is -0.606. The molecule has 7 heteroatoms. The Balaban J connectivity index is 1.73. The van der Waals surface area contributed by atoms with Crippen molar-refractivity contribution in [2.24, 2.45) is 0 Å². The standard InChI is InChI=1S/C17H13N3O3S/c21-13-3-1-2-10-15(13)14(16-12(18-10)7-23-17(16)22)8-4-5-9-11(6-8)20-24-19-9/h4-6,14,18H,1-3,7H2. The van der Waals surface area contributed by atoms with E-state index in [0.29, 0.717) is 17.6 Å². The van der Waals surface area contributed by atoms with E-state index in [9.17, 15) is 9.59 Å². The Hall–Kier alpha value is -2.54. The largest absolute Gasteiger partial charge is 0.456 e. The molecule has 1 aromatic heterocycles. The summed E-state index contributed by atoms with van der Waals surface area (Å²) in [7, 11) is 0. The third kappa shape index (κ3) is 1.88. The summed E-state index contributed by atoms with van der Waals surface area (Å²) >= 11 is 1.16. The Morgan fingerprint density at radius 1 is 1.08 bits per heavy atom. The van der Waals surface area contributed by atoms with Crippen LogP contribution in [0.15, 0.2) is 40.7 Å². The maximum absolute atomic E-state index is 12.6. The van der Waals surface area contributed by atoms with Crippen LogP contribution in [0.4, 0.5) is 0 Å². The molecule has 6 nitrogen and oxygen atoms in total. The molecule has 1 atom stereocenters. The van der Waals surface area contributed by atoms with E-state index in [1.54, 1.807) is 0 Å². The van der Waals surface area contributed by atoms with E-state index < -0.39 is 0 Å². The lowest BCUT2D eigenvalue weighted by Gasteiger charge is -2.31. The number of allylic oxidation sites excluding steroid dienone is 2. The van der Waals surface area contributed by atoms with Gasteiger partial charge in [-0.3, -0.25) is 4.79 Å². The van der Waals surface area contributed by atoms with Crippen molar-refractivity contribution in [3.8, 4) is 0 Å². The molecule has 24 heavy (non-hydrogen) atoms. The highest BCUT2D eigenvalue weighted by molar-refractivity contribution is 7.00. The van der Waals surface area contributed by atoms with Gasteiger partial charge < -0.3 is 10.1 Å². The summed E-state index contributed by atoms with van der Waals surface area (Å²) in [6.07, 6.45) is 2.18. The lowest BCUT2D eigenvalue weighted by molar-refractivity contribution is -0.136. The first-order valence-corrected chi connectivity index (χ1v) is 8.61. The fourth-order valence-corrected chi connectivity index (χ4v) is 4.30. The van der Waals surface area contributed by atoms with Crippen LogP contribution in [-0.2, 0) is 14.3 Å². The highest BCUT2D eigenvalue weighted by Gasteiger charge is 2.42. The van der Waals surface area contributed by atoms with Crippen LogP contribution in [0.25, 0.3) is 11.0 Å². The predicted octanol–water partition coefficient (Wildman–Crippen LogP) is 2.20. The molecule has 0 saturated heterocycles. The smallest absolute Gasteiger partial charge is 0.337 e. The molecule has 120 valence electrons. The Morgan fingerprint density at radius 2 is 1.96 bits per heavy atom. The minimum absolute atomic E-state index is 0.108. The van der Waals surface area contributed by atoms with E-state index >= 15 is 0 Å². The number of hydrogen-bond donors (Lipinski definition) is 1. The average Bonchev–Trinajstić information content (AvgIpc) is 3.19. The third-order valence-electron chi connectivity index (χ3n) is 4.84. The highest BCUT2D eigenvalue weighted by atomic mass is 32.1. The minimum atomic E-state index is -0.370. The SMILES string of the molecule is O=C1CCCC2=C1C(c1ccc3nsnc3c1)C1=C(COC1=O)N2. The van der Waals surface area contributed by atoms with Gasteiger partial charge in [-0.1, -0.05) is 6.07 Å². The second kappa shape index (κ2) is 4.98. The van der Waals surface area contributed by atoms with Crippen LogP contribution in [0.2, 0.25) is 0 Å². The number of nitrogens with zero attached hydrogens (tertiary/aromatic N) is 2. The van der Waals surface area contributed by atoms with Crippen molar-refractivity contribution in [3.05, 3.63) is 46.3 Å². The number of esters is 1. The molecule has 5 rings (SSSR count). The Labute approximate surface area is 141 Å². The summed E-state index contributed by atoms with van der Waals surface area (Å²) in [5, 5.41) is 3.28. The summed E-state index contributed by atoms with van der Waals surface area (Å²) in [6, 6.07) is 5.75. The molecule has 1 N–H and O–H groups in total. The van der Waals surface area contributed by atoms with E-state index in [4.69, 9.17) is 4.74 Å². The monoisotopic (exact) mass is 339 g/mol. The lowest BCUT2D eigenvalue weighted by Crippen LogP contribution is -2.32. The normalized spacial score (nSPS) is 23.2.